The lowest BCUT2D eigenvalue weighted by Crippen LogP contribution is -2.30. The number of rotatable bonds is 6. The molecule has 5 aromatic rings. The van der Waals surface area contributed by atoms with E-state index >= 15 is 0 Å². The van der Waals surface area contributed by atoms with Gasteiger partial charge in [-0.3, -0.25) is 9.59 Å². The Morgan fingerprint density at radius 1 is 0.837 bits per heavy atom. The maximum Gasteiger partial charge on any atom is 0.338 e. The Morgan fingerprint density at radius 2 is 1.56 bits per heavy atom. The van der Waals surface area contributed by atoms with E-state index in [0.29, 0.717) is 12.0 Å². The van der Waals surface area contributed by atoms with E-state index in [4.69, 9.17) is 9.15 Å². The zero-order valence-electron chi connectivity index (χ0n) is 22.7. The highest BCUT2D eigenvalue weighted by Gasteiger charge is 2.40. The molecule has 0 radical (unpaired) electrons. The molecule has 4 aromatic carbocycles. The summed E-state index contributed by atoms with van der Waals surface area (Å²) in [5.41, 5.74) is 1.11. The summed E-state index contributed by atoms with van der Waals surface area (Å²) in [4.78, 5) is 39.5. The molecular weight excluding hydrogens is 554 g/mol. The Hall–Kier alpha value is -5.77. The third kappa shape index (κ3) is 4.58. The van der Waals surface area contributed by atoms with Crippen molar-refractivity contribution in [3.05, 3.63) is 118 Å². The molecule has 0 aliphatic heterocycles. The first-order chi connectivity index (χ1) is 20.7. The predicted octanol–water partition coefficient (Wildman–Crippen LogP) is 5.08. The summed E-state index contributed by atoms with van der Waals surface area (Å²) < 4.78 is 10.9. The molecule has 6 rings (SSSR count). The van der Waals surface area contributed by atoms with Crippen molar-refractivity contribution in [3.63, 3.8) is 0 Å². The first-order valence-corrected chi connectivity index (χ1v) is 13.3. The summed E-state index contributed by atoms with van der Waals surface area (Å²) in [6.45, 7) is 0. The minimum absolute atomic E-state index is 0.0176. The number of carbonyl (C=O) groups excluding carboxylic acids is 3. The highest BCUT2D eigenvalue weighted by atomic mass is 16.5. The van der Waals surface area contributed by atoms with E-state index in [2.05, 4.69) is 5.32 Å². The molecule has 5 N–H and O–H groups in total. The van der Waals surface area contributed by atoms with Crippen LogP contribution in [0.5, 0.6) is 23.0 Å². The quantitative estimate of drug-likeness (QED) is 0.136. The average Bonchev–Trinajstić information content (AvgIpc) is 3.53. The Balaban J connectivity index is 1.46. The molecule has 1 aromatic heterocycles. The van der Waals surface area contributed by atoms with Crippen molar-refractivity contribution in [1.29, 1.82) is 0 Å². The van der Waals surface area contributed by atoms with Crippen LogP contribution >= 0.6 is 0 Å². The lowest BCUT2D eigenvalue weighted by molar-refractivity contribution is 0.0596. The number of fused-ring (bicyclic) bond motifs is 2. The lowest BCUT2D eigenvalue weighted by Gasteiger charge is -2.21. The van der Waals surface area contributed by atoms with Crippen molar-refractivity contribution in [1.82, 2.24) is 5.32 Å². The second-order valence-electron chi connectivity index (χ2n) is 10.2. The zero-order valence-corrected chi connectivity index (χ0v) is 22.7. The maximum atomic E-state index is 13.8. The average molecular weight is 580 g/mol. The van der Waals surface area contributed by atoms with E-state index in [1.54, 1.807) is 0 Å². The van der Waals surface area contributed by atoms with Crippen LogP contribution in [0.3, 0.4) is 0 Å². The summed E-state index contributed by atoms with van der Waals surface area (Å²) in [6.07, 6.45) is 0.380. The van der Waals surface area contributed by atoms with Crippen LogP contribution in [0.2, 0.25) is 0 Å². The number of phenolic OH excluding ortho intramolecular Hbond substituents is 3. The van der Waals surface area contributed by atoms with Gasteiger partial charge in [0.05, 0.1) is 35.2 Å². The van der Waals surface area contributed by atoms with E-state index in [1.165, 1.54) is 54.6 Å². The Bertz CT molecular complexity index is 1920. The molecule has 2 atom stereocenters. The third-order valence-electron chi connectivity index (χ3n) is 7.72. The first-order valence-electron chi connectivity index (χ1n) is 13.3. The monoisotopic (exact) mass is 579 g/mol. The van der Waals surface area contributed by atoms with Gasteiger partial charge in [-0.2, -0.15) is 0 Å². The van der Waals surface area contributed by atoms with Gasteiger partial charge in [-0.25, -0.2) is 4.79 Å². The largest absolute Gasteiger partial charge is 0.508 e. The van der Waals surface area contributed by atoms with Gasteiger partial charge in [-0.1, -0.05) is 30.3 Å². The molecule has 0 spiro atoms. The van der Waals surface area contributed by atoms with Gasteiger partial charge in [0.15, 0.2) is 11.5 Å². The van der Waals surface area contributed by atoms with Gasteiger partial charge in [0.25, 0.3) is 5.91 Å². The topological polar surface area (TPSA) is 167 Å². The number of esters is 1. The number of hydrogen-bond donors (Lipinski definition) is 5. The van der Waals surface area contributed by atoms with Crippen molar-refractivity contribution in [2.24, 2.45) is 0 Å². The molecule has 216 valence electrons. The van der Waals surface area contributed by atoms with Crippen molar-refractivity contribution in [3.8, 4) is 23.0 Å². The number of aromatic hydroxyl groups is 4. The number of hydrogen-bond acceptors (Lipinski definition) is 9. The van der Waals surface area contributed by atoms with E-state index in [-0.39, 0.29) is 33.6 Å². The third-order valence-corrected chi connectivity index (χ3v) is 7.72. The van der Waals surface area contributed by atoms with Crippen LogP contribution in [0.25, 0.3) is 11.0 Å². The highest BCUT2D eigenvalue weighted by Crippen LogP contribution is 2.50. The molecule has 1 heterocycles. The molecule has 1 aliphatic rings. The fourth-order valence-corrected chi connectivity index (χ4v) is 5.70. The fourth-order valence-electron chi connectivity index (χ4n) is 5.70. The normalized spacial score (nSPS) is 15.7. The minimum atomic E-state index is -0.934. The summed E-state index contributed by atoms with van der Waals surface area (Å²) in [5.74, 6) is -4.18. The highest BCUT2D eigenvalue weighted by molar-refractivity contribution is 6.23. The van der Waals surface area contributed by atoms with Crippen LogP contribution in [0.15, 0.2) is 83.3 Å². The van der Waals surface area contributed by atoms with E-state index in [9.17, 15) is 34.8 Å². The number of methoxy groups -OCH3 is 1. The number of furan rings is 1. The molecule has 10 nitrogen and oxygen atoms in total. The van der Waals surface area contributed by atoms with Gasteiger partial charge in [-0.15, -0.1) is 0 Å². The molecule has 0 saturated carbocycles. The van der Waals surface area contributed by atoms with Gasteiger partial charge in [0.2, 0.25) is 5.78 Å². The van der Waals surface area contributed by atoms with Crippen LogP contribution < -0.4 is 5.32 Å². The Kier molecular flexibility index (Phi) is 6.73. The molecule has 0 bridgehead atoms. The number of ether oxygens (including phenoxy) is 1. The summed E-state index contributed by atoms with van der Waals surface area (Å²) in [7, 11) is 1.13. The Morgan fingerprint density at radius 3 is 2.30 bits per heavy atom. The predicted molar refractivity (Wildman–Crippen MR) is 154 cm³/mol. The molecule has 2 unspecified atom stereocenters. The van der Waals surface area contributed by atoms with E-state index < -0.39 is 52.4 Å². The van der Waals surface area contributed by atoms with Crippen LogP contribution in [-0.2, 0) is 11.2 Å². The molecule has 10 heteroatoms. The minimum Gasteiger partial charge on any atom is -0.508 e. The number of ketones is 1. The van der Waals surface area contributed by atoms with Crippen LogP contribution in [-0.4, -0.2) is 45.2 Å². The van der Waals surface area contributed by atoms with Gasteiger partial charge in [0.1, 0.15) is 22.8 Å². The van der Waals surface area contributed by atoms with Crippen LogP contribution in [0.1, 0.15) is 65.5 Å². The smallest absolute Gasteiger partial charge is 0.338 e. The number of carbonyl (C=O) groups is 3. The summed E-state index contributed by atoms with van der Waals surface area (Å²) in [5, 5.41) is 45.5. The van der Waals surface area contributed by atoms with Gasteiger partial charge in [-0.05, 0) is 66.1 Å². The second-order valence-corrected chi connectivity index (χ2v) is 10.2. The van der Waals surface area contributed by atoms with E-state index in [0.717, 1.165) is 18.2 Å². The number of phenols is 3. The zero-order chi connectivity index (χ0) is 30.4. The van der Waals surface area contributed by atoms with Crippen molar-refractivity contribution in [2.45, 2.75) is 18.4 Å². The molecule has 0 fully saturated rings. The fraction of sp³-hybridized carbons (Fsp3) is 0.121. The Labute approximate surface area is 244 Å². The number of nitrogens with one attached hydrogen (secondary N) is 1. The van der Waals surface area contributed by atoms with Crippen LogP contribution in [0.4, 0.5) is 0 Å². The number of benzene rings is 4. The van der Waals surface area contributed by atoms with E-state index in [1.807, 2.05) is 24.3 Å². The standard InChI is InChI=1S/C33H25NO9/c1-42-33(41)20-7-4-8-22(36)25(20)29(38)26-23(37)13-14-24-27(26)30(39)31(43-24)21-15-17-5-2-3-6-19(17)28(21)34-32(40)16-9-11-18(35)12-10-16/h2-14,21,28,35-37,39H,15H2,1H3,(H,34,40). The van der Waals surface area contributed by atoms with Gasteiger partial charge < -0.3 is 34.9 Å². The lowest BCUT2D eigenvalue weighted by atomic mass is 9.92. The molecule has 0 saturated heterocycles. The van der Waals surface area contributed by atoms with Crippen LogP contribution in [0, 0.1) is 0 Å². The molecular formula is C33H25NO9. The maximum absolute atomic E-state index is 13.8. The molecule has 1 amide bonds. The SMILES string of the molecule is COC(=O)c1cccc(O)c1C(=O)c1c(O)ccc2oc(C3Cc4ccccc4C3NC(=O)c3ccc(O)cc3)c(O)c12. The van der Waals surface area contributed by atoms with Gasteiger partial charge >= 0.3 is 5.97 Å². The van der Waals surface area contributed by atoms with Crippen molar-refractivity contribution < 1.29 is 44.0 Å². The molecule has 43 heavy (non-hydrogen) atoms. The summed E-state index contributed by atoms with van der Waals surface area (Å²) in [6, 6.07) is 19.1. The molecule has 1 aliphatic carbocycles. The summed E-state index contributed by atoms with van der Waals surface area (Å²) >= 11 is 0. The van der Waals surface area contributed by atoms with Crippen molar-refractivity contribution in [2.75, 3.05) is 7.11 Å². The van der Waals surface area contributed by atoms with Crippen molar-refractivity contribution >= 4 is 28.6 Å². The number of amides is 1. The van der Waals surface area contributed by atoms with Gasteiger partial charge in [0, 0.05) is 11.5 Å². The second kappa shape index (κ2) is 10.6. The first kappa shape index (κ1) is 27.4.